The molecule has 1 atom stereocenters. The third-order valence-electron chi connectivity index (χ3n) is 3.84. The minimum atomic E-state index is -0.691. The van der Waals surface area contributed by atoms with Crippen LogP contribution in [0.15, 0.2) is 18.2 Å². The Kier molecular flexibility index (Phi) is 5.01. The van der Waals surface area contributed by atoms with Crippen molar-refractivity contribution in [3.05, 3.63) is 29.3 Å². The van der Waals surface area contributed by atoms with E-state index in [1.165, 1.54) is 5.56 Å². The summed E-state index contributed by atoms with van der Waals surface area (Å²) in [6.07, 6.45) is 1.27. The Bertz CT molecular complexity index is 473. The number of ether oxygens (including phenoxy) is 1. The van der Waals surface area contributed by atoms with Gasteiger partial charge in [-0.05, 0) is 49.9 Å². The van der Waals surface area contributed by atoms with Crippen molar-refractivity contribution in [3.63, 3.8) is 0 Å². The molecule has 1 aliphatic heterocycles. The van der Waals surface area contributed by atoms with Crippen LogP contribution in [0.25, 0.3) is 0 Å². The van der Waals surface area contributed by atoms with Gasteiger partial charge < -0.3 is 9.84 Å². The quantitative estimate of drug-likeness (QED) is 0.868. The first-order valence-corrected chi connectivity index (χ1v) is 7.19. The molecule has 1 aliphatic rings. The van der Waals surface area contributed by atoms with Crippen LogP contribution in [0.1, 0.15) is 24.0 Å². The number of likely N-dealkylation sites (tertiary alicyclic amines) is 1. The standard InChI is InChI=1S/C16H23NO3/c1-12-3-4-13(2)15(9-12)20-8-7-17-6-5-14(11-17)10-16(18)19/h3-4,9,14H,5-8,10-11H2,1-2H3,(H,18,19). The second kappa shape index (κ2) is 6.75. The minimum Gasteiger partial charge on any atom is -0.492 e. The Morgan fingerprint density at radius 3 is 3.00 bits per heavy atom. The Labute approximate surface area is 120 Å². The van der Waals surface area contributed by atoms with Crippen molar-refractivity contribution >= 4 is 5.97 Å². The average molecular weight is 277 g/mol. The van der Waals surface area contributed by atoms with Crippen LogP contribution in [0, 0.1) is 19.8 Å². The Morgan fingerprint density at radius 2 is 2.25 bits per heavy atom. The van der Waals surface area contributed by atoms with Gasteiger partial charge in [0, 0.05) is 19.5 Å². The molecule has 0 aromatic heterocycles. The van der Waals surface area contributed by atoms with Crippen LogP contribution < -0.4 is 4.74 Å². The second-order valence-electron chi connectivity index (χ2n) is 5.67. The third kappa shape index (κ3) is 4.23. The lowest BCUT2D eigenvalue weighted by atomic mass is 10.1. The van der Waals surface area contributed by atoms with Crippen molar-refractivity contribution in [1.82, 2.24) is 4.90 Å². The molecule has 0 saturated carbocycles. The molecular weight excluding hydrogens is 254 g/mol. The van der Waals surface area contributed by atoms with Gasteiger partial charge in [0.25, 0.3) is 0 Å². The van der Waals surface area contributed by atoms with Crippen molar-refractivity contribution in [2.45, 2.75) is 26.7 Å². The van der Waals surface area contributed by atoms with Crippen molar-refractivity contribution in [2.24, 2.45) is 5.92 Å². The summed E-state index contributed by atoms with van der Waals surface area (Å²) < 4.78 is 5.84. The van der Waals surface area contributed by atoms with Gasteiger partial charge in [-0.25, -0.2) is 0 Å². The number of carboxylic acids is 1. The predicted octanol–water partition coefficient (Wildman–Crippen LogP) is 2.48. The van der Waals surface area contributed by atoms with E-state index >= 15 is 0 Å². The molecule has 4 heteroatoms. The summed E-state index contributed by atoms with van der Waals surface area (Å²) in [6.45, 7) is 7.49. The number of carbonyl (C=O) groups is 1. The summed E-state index contributed by atoms with van der Waals surface area (Å²) in [6, 6.07) is 6.22. The van der Waals surface area contributed by atoms with Crippen LogP contribution in [0.5, 0.6) is 5.75 Å². The van der Waals surface area contributed by atoms with Crippen LogP contribution in [0.4, 0.5) is 0 Å². The lowest BCUT2D eigenvalue weighted by Crippen LogP contribution is -2.26. The smallest absolute Gasteiger partial charge is 0.303 e. The highest BCUT2D eigenvalue weighted by molar-refractivity contribution is 5.67. The van der Waals surface area contributed by atoms with E-state index in [0.717, 1.165) is 37.4 Å². The monoisotopic (exact) mass is 277 g/mol. The maximum atomic E-state index is 10.7. The largest absolute Gasteiger partial charge is 0.492 e. The van der Waals surface area contributed by atoms with E-state index in [4.69, 9.17) is 9.84 Å². The molecule has 0 aliphatic carbocycles. The van der Waals surface area contributed by atoms with Crippen molar-refractivity contribution < 1.29 is 14.6 Å². The number of benzene rings is 1. The molecule has 1 unspecified atom stereocenters. The fourth-order valence-electron chi connectivity index (χ4n) is 2.68. The first kappa shape index (κ1) is 14.9. The van der Waals surface area contributed by atoms with Gasteiger partial charge in [-0.1, -0.05) is 12.1 Å². The Morgan fingerprint density at radius 1 is 1.45 bits per heavy atom. The first-order chi connectivity index (χ1) is 9.54. The van der Waals surface area contributed by atoms with E-state index in [2.05, 4.69) is 30.0 Å². The molecule has 110 valence electrons. The molecule has 2 rings (SSSR count). The van der Waals surface area contributed by atoms with Crippen LogP contribution in [0.3, 0.4) is 0 Å². The van der Waals surface area contributed by atoms with Gasteiger partial charge >= 0.3 is 5.97 Å². The normalized spacial score (nSPS) is 19.2. The van der Waals surface area contributed by atoms with Crippen LogP contribution in [0.2, 0.25) is 0 Å². The molecule has 1 N–H and O–H groups in total. The van der Waals surface area contributed by atoms with Gasteiger partial charge in [0.05, 0.1) is 0 Å². The highest BCUT2D eigenvalue weighted by Gasteiger charge is 2.24. The summed E-state index contributed by atoms with van der Waals surface area (Å²) in [5.41, 5.74) is 2.36. The van der Waals surface area contributed by atoms with Crippen molar-refractivity contribution in [1.29, 1.82) is 0 Å². The van der Waals surface area contributed by atoms with Gasteiger partial charge in [0.15, 0.2) is 0 Å². The number of aryl methyl sites for hydroxylation is 2. The van der Waals surface area contributed by atoms with Gasteiger partial charge in [0.1, 0.15) is 12.4 Å². The van der Waals surface area contributed by atoms with Gasteiger partial charge in [-0.15, -0.1) is 0 Å². The molecule has 1 saturated heterocycles. The summed E-state index contributed by atoms with van der Waals surface area (Å²) in [5.74, 6) is 0.558. The summed E-state index contributed by atoms with van der Waals surface area (Å²) >= 11 is 0. The lowest BCUT2D eigenvalue weighted by Gasteiger charge is -2.17. The van der Waals surface area contributed by atoms with Crippen molar-refractivity contribution in [3.8, 4) is 5.75 Å². The first-order valence-electron chi connectivity index (χ1n) is 7.19. The molecule has 0 spiro atoms. The van der Waals surface area contributed by atoms with Crippen LogP contribution in [-0.2, 0) is 4.79 Å². The fourth-order valence-corrected chi connectivity index (χ4v) is 2.68. The van der Waals surface area contributed by atoms with Gasteiger partial charge in [-0.2, -0.15) is 0 Å². The lowest BCUT2D eigenvalue weighted by molar-refractivity contribution is -0.138. The zero-order valence-electron chi connectivity index (χ0n) is 12.3. The molecule has 0 bridgehead atoms. The third-order valence-corrected chi connectivity index (χ3v) is 3.84. The topological polar surface area (TPSA) is 49.8 Å². The van der Waals surface area contributed by atoms with Gasteiger partial charge in [-0.3, -0.25) is 9.69 Å². The summed E-state index contributed by atoms with van der Waals surface area (Å²) in [5, 5.41) is 8.80. The number of aliphatic carboxylic acids is 1. The fraction of sp³-hybridized carbons (Fsp3) is 0.562. The number of hydrogen-bond donors (Lipinski definition) is 1. The SMILES string of the molecule is Cc1ccc(C)c(OCCN2CCC(CC(=O)O)C2)c1. The van der Waals surface area contributed by atoms with Gasteiger partial charge in [0.2, 0.25) is 0 Å². The Hall–Kier alpha value is -1.55. The number of rotatable bonds is 6. The highest BCUT2D eigenvalue weighted by atomic mass is 16.5. The second-order valence-corrected chi connectivity index (χ2v) is 5.67. The molecular formula is C16H23NO3. The molecule has 4 nitrogen and oxygen atoms in total. The summed E-state index contributed by atoms with van der Waals surface area (Å²) in [4.78, 5) is 13.0. The minimum absolute atomic E-state index is 0.286. The van der Waals surface area contributed by atoms with Crippen LogP contribution in [-0.4, -0.2) is 42.2 Å². The van der Waals surface area contributed by atoms with E-state index in [9.17, 15) is 4.79 Å². The van der Waals surface area contributed by atoms with Crippen LogP contribution >= 0.6 is 0 Å². The van der Waals surface area contributed by atoms with Crippen molar-refractivity contribution in [2.75, 3.05) is 26.2 Å². The Balaban J connectivity index is 1.74. The van der Waals surface area contributed by atoms with E-state index in [1.807, 2.05) is 6.92 Å². The average Bonchev–Trinajstić information content (AvgIpc) is 2.80. The van der Waals surface area contributed by atoms with E-state index in [0.29, 0.717) is 12.5 Å². The highest BCUT2D eigenvalue weighted by Crippen LogP contribution is 2.21. The molecule has 20 heavy (non-hydrogen) atoms. The molecule has 1 fully saturated rings. The molecule has 1 aromatic rings. The zero-order valence-corrected chi connectivity index (χ0v) is 12.3. The van der Waals surface area contributed by atoms with E-state index in [1.54, 1.807) is 0 Å². The molecule has 1 aromatic carbocycles. The predicted molar refractivity (Wildman–Crippen MR) is 78.2 cm³/mol. The molecule has 0 amide bonds. The zero-order chi connectivity index (χ0) is 14.5. The number of nitrogens with zero attached hydrogens (tertiary/aromatic N) is 1. The molecule has 1 heterocycles. The number of carboxylic acid groups (broad SMARTS) is 1. The maximum absolute atomic E-state index is 10.7. The number of hydrogen-bond acceptors (Lipinski definition) is 3. The maximum Gasteiger partial charge on any atom is 0.303 e. The van der Waals surface area contributed by atoms with E-state index < -0.39 is 5.97 Å². The van der Waals surface area contributed by atoms with E-state index in [-0.39, 0.29) is 6.42 Å². The molecule has 0 radical (unpaired) electrons. The summed E-state index contributed by atoms with van der Waals surface area (Å²) in [7, 11) is 0.